The fourth-order valence-corrected chi connectivity index (χ4v) is 2.62. The van der Waals surface area contributed by atoms with Crippen molar-refractivity contribution in [3.63, 3.8) is 0 Å². The molecule has 1 aromatic carbocycles. The molecule has 0 saturated carbocycles. The van der Waals surface area contributed by atoms with Gasteiger partial charge in [0.15, 0.2) is 0 Å². The van der Waals surface area contributed by atoms with Gasteiger partial charge in [-0.05, 0) is 25.1 Å². The largest absolute Gasteiger partial charge is 0.362 e. The molecule has 0 spiro atoms. The van der Waals surface area contributed by atoms with Gasteiger partial charge in [0.25, 0.3) is 0 Å². The minimum Gasteiger partial charge on any atom is -0.362 e. The number of aromatic nitrogens is 5. The fourth-order valence-electron chi connectivity index (χ4n) is 2.45. The first-order chi connectivity index (χ1) is 10.5. The molecule has 8 heteroatoms. The molecular weight excluding hydrogens is 304 g/mol. The Morgan fingerprint density at radius 1 is 1.36 bits per heavy atom. The molecule has 3 aromatic rings. The van der Waals surface area contributed by atoms with Crippen LogP contribution in [0, 0.1) is 0 Å². The third-order valence-corrected chi connectivity index (χ3v) is 3.74. The van der Waals surface area contributed by atoms with Crippen molar-refractivity contribution in [1.29, 1.82) is 0 Å². The van der Waals surface area contributed by atoms with Crippen molar-refractivity contribution in [1.82, 2.24) is 24.7 Å². The van der Waals surface area contributed by atoms with Crippen molar-refractivity contribution in [3.8, 4) is 0 Å². The maximum Gasteiger partial charge on any atom is 0.350 e. The van der Waals surface area contributed by atoms with E-state index in [9.17, 15) is 4.79 Å². The minimum absolute atomic E-state index is 0.334. The van der Waals surface area contributed by atoms with Crippen molar-refractivity contribution >= 4 is 28.3 Å². The highest BCUT2D eigenvalue weighted by Crippen LogP contribution is 2.27. The highest BCUT2D eigenvalue weighted by atomic mass is 35.5. The first kappa shape index (κ1) is 14.5. The molecule has 7 nitrogen and oxygen atoms in total. The Morgan fingerprint density at radius 3 is 2.77 bits per heavy atom. The quantitative estimate of drug-likeness (QED) is 0.797. The standard InChI is InChI=1S/C14H15ClN6O/c1-8(12-16-7-17-19-12)21-11-6-9(15)4-5-10(11)13(20(2)3)18-14(21)22/h4-8H,1-3H3,(H,16,17,19)/t8-/m1/s1. The molecule has 1 atom stereocenters. The number of H-pyrrole nitrogens is 1. The van der Waals surface area contributed by atoms with Gasteiger partial charge in [-0.3, -0.25) is 9.67 Å². The van der Waals surface area contributed by atoms with E-state index in [0.717, 1.165) is 5.39 Å². The molecule has 1 N–H and O–H groups in total. The van der Waals surface area contributed by atoms with Gasteiger partial charge in [0.1, 0.15) is 18.0 Å². The van der Waals surface area contributed by atoms with E-state index in [1.165, 1.54) is 6.33 Å². The molecule has 2 heterocycles. The Hall–Kier alpha value is -2.41. The Balaban J connectivity index is 2.35. The third-order valence-electron chi connectivity index (χ3n) is 3.51. The number of aromatic amines is 1. The molecule has 114 valence electrons. The van der Waals surface area contributed by atoms with Gasteiger partial charge in [-0.1, -0.05) is 11.6 Å². The van der Waals surface area contributed by atoms with Crippen LogP contribution in [0.3, 0.4) is 0 Å². The molecule has 0 aliphatic carbocycles. The highest BCUT2D eigenvalue weighted by Gasteiger charge is 2.19. The van der Waals surface area contributed by atoms with E-state index in [0.29, 0.717) is 22.2 Å². The maximum absolute atomic E-state index is 12.5. The van der Waals surface area contributed by atoms with Gasteiger partial charge < -0.3 is 4.90 Å². The van der Waals surface area contributed by atoms with E-state index in [-0.39, 0.29) is 11.7 Å². The number of anilines is 1. The summed E-state index contributed by atoms with van der Waals surface area (Å²) in [7, 11) is 3.69. The lowest BCUT2D eigenvalue weighted by Gasteiger charge is -2.20. The number of halogens is 1. The molecule has 0 radical (unpaired) electrons. The summed E-state index contributed by atoms with van der Waals surface area (Å²) in [6.45, 7) is 1.86. The second-order valence-corrected chi connectivity index (χ2v) is 5.63. The summed E-state index contributed by atoms with van der Waals surface area (Å²) >= 11 is 6.12. The first-order valence-electron chi connectivity index (χ1n) is 6.73. The number of hydrogen-bond acceptors (Lipinski definition) is 5. The molecule has 2 aromatic heterocycles. The topological polar surface area (TPSA) is 79.7 Å². The van der Waals surface area contributed by atoms with Crippen LogP contribution in [0.25, 0.3) is 10.9 Å². The van der Waals surface area contributed by atoms with Crippen LogP contribution in [0.2, 0.25) is 5.02 Å². The van der Waals surface area contributed by atoms with Crippen LogP contribution in [0.4, 0.5) is 5.82 Å². The molecule has 0 aliphatic heterocycles. The molecule has 22 heavy (non-hydrogen) atoms. The number of benzene rings is 1. The van der Waals surface area contributed by atoms with Crippen LogP contribution >= 0.6 is 11.6 Å². The summed E-state index contributed by atoms with van der Waals surface area (Å²) in [6.07, 6.45) is 1.41. The lowest BCUT2D eigenvalue weighted by Crippen LogP contribution is -2.29. The molecule has 0 fully saturated rings. The zero-order valence-electron chi connectivity index (χ0n) is 12.4. The molecule has 0 amide bonds. The molecular formula is C14H15ClN6O. The van der Waals surface area contributed by atoms with Gasteiger partial charge in [-0.25, -0.2) is 9.78 Å². The second kappa shape index (κ2) is 5.42. The van der Waals surface area contributed by atoms with E-state index in [1.807, 2.05) is 27.1 Å². The maximum atomic E-state index is 12.5. The first-order valence-corrected chi connectivity index (χ1v) is 7.11. The summed E-state index contributed by atoms with van der Waals surface area (Å²) in [5.74, 6) is 1.19. The third kappa shape index (κ3) is 2.33. The van der Waals surface area contributed by atoms with E-state index >= 15 is 0 Å². The van der Waals surface area contributed by atoms with Gasteiger partial charge in [0, 0.05) is 24.5 Å². The summed E-state index contributed by atoms with van der Waals surface area (Å²) in [4.78, 5) is 22.6. The van der Waals surface area contributed by atoms with Crippen LogP contribution in [0.5, 0.6) is 0 Å². The SMILES string of the molecule is C[C@H](c1ncn[nH]1)n1c(=O)nc(N(C)C)c2ccc(Cl)cc21. The second-order valence-electron chi connectivity index (χ2n) is 5.19. The smallest absolute Gasteiger partial charge is 0.350 e. The van der Waals surface area contributed by atoms with Crippen molar-refractivity contribution in [2.45, 2.75) is 13.0 Å². The van der Waals surface area contributed by atoms with Crippen LogP contribution in [-0.2, 0) is 0 Å². The van der Waals surface area contributed by atoms with Crippen LogP contribution in [-0.4, -0.2) is 38.8 Å². The van der Waals surface area contributed by atoms with Gasteiger partial charge in [-0.2, -0.15) is 10.1 Å². The van der Waals surface area contributed by atoms with E-state index < -0.39 is 0 Å². The zero-order valence-corrected chi connectivity index (χ0v) is 13.2. The number of nitrogens with zero attached hydrogens (tertiary/aromatic N) is 5. The predicted octanol–water partition coefficient (Wildman–Crippen LogP) is 1.84. The van der Waals surface area contributed by atoms with E-state index in [4.69, 9.17) is 11.6 Å². The predicted molar refractivity (Wildman–Crippen MR) is 85.5 cm³/mol. The molecule has 0 bridgehead atoms. The molecule has 3 rings (SSSR count). The average molecular weight is 319 g/mol. The van der Waals surface area contributed by atoms with Gasteiger partial charge >= 0.3 is 5.69 Å². The molecule has 0 unspecified atom stereocenters. The monoisotopic (exact) mass is 318 g/mol. The van der Waals surface area contributed by atoms with Gasteiger partial charge in [0.2, 0.25) is 0 Å². The summed E-state index contributed by atoms with van der Waals surface area (Å²) in [6, 6.07) is 5.08. The van der Waals surface area contributed by atoms with Crippen molar-refractivity contribution < 1.29 is 0 Å². The Morgan fingerprint density at radius 2 is 2.14 bits per heavy atom. The van der Waals surface area contributed by atoms with Crippen molar-refractivity contribution in [3.05, 3.63) is 45.9 Å². The lowest BCUT2D eigenvalue weighted by atomic mass is 10.2. The van der Waals surface area contributed by atoms with Crippen molar-refractivity contribution in [2.75, 3.05) is 19.0 Å². The van der Waals surface area contributed by atoms with Crippen LogP contribution in [0.1, 0.15) is 18.8 Å². The Labute approximate surface area is 131 Å². The summed E-state index contributed by atoms with van der Waals surface area (Å²) in [5.41, 5.74) is 0.350. The highest BCUT2D eigenvalue weighted by molar-refractivity contribution is 6.31. The summed E-state index contributed by atoms with van der Waals surface area (Å²) < 4.78 is 1.56. The summed E-state index contributed by atoms with van der Waals surface area (Å²) in [5, 5.41) is 8.03. The fraction of sp³-hybridized carbons (Fsp3) is 0.286. The van der Waals surface area contributed by atoms with Crippen molar-refractivity contribution in [2.24, 2.45) is 0 Å². The molecule has 0 aliphatic rings. The number of fused-ring (bicyclic) bond motifs is 1. The van der Waals surface area contributed by atoms with Crippen LogP contribution in [0.15, 0.2) is 29.3 Å². The molecule has 0 saturated heterocycles. The van der Waals surface area contributed by atoms with Gasteiger partial charge in [0.05, 0.1) is 11.6 Å². The Bertz CT molecular complexity index is 871. The van der Waals surface area contributed by atoms with Crippen LogP contribution < -0.4 is 10.6 Å². The lowest BCUT2D eigenvalue weighted by molar-refractivity contribution is 0.589. The number of hydrogen-bond donors (Lipinski definition) is 1. The van der Waals surface area contributed by atoms with Gasteiger partial charge in [-0.15, -0.1) is 0 Å². The Kier molecular flexibility index (Phi) is 3.58. The van der Waals surface area contributed by atoms with E-state index in [2.05, 4.69) is 20.2 Å². The number of rotatable bonds is 3. The zero-order chi connectivity index (χ0) is 15.9. The minimum atomic E-state index is -0.359. The average Bonchev–Trinajstić information content (AvgIpc) is 2.99. The normalized spacial score (nSPS) is 12.5. The van der Waals surface area contributed by atoms with E-state index in [1.54, 1.807) is 21.6 Å². The number of nitrogens with one attached hydrogen (secondary N) is 1.